The van der Waals surface area contributed by atoms with E-state index in [1.165, 1.54) is 43.5 Å². The topological polar surface area (TPSA) is 75.6 Å². The molecule has 0 aliphatic carbocycles. The number of hydrogen-bond donors (Lipinski definition) is 2. The number of anilines is 1. The van der Waals surface area contributed by atoms with E-state index in [1.54, 1.807) is 0 Å². The molecule has 2 N–H and O–H groups in total. The highest BCUT2D eigenvalue weighted by molar-refractivity contribution is 7.92. The maximum absolute atomic E-state index is 12.3. The first kappa shape index (κ1) is 15.8. The summed E-state index contributed by atoms with van der Waals surface area (Å²) in [5, 5.41) is 10.1. The summed E-state index contributed by atoms with van der Waals surface area (Å²) < 4.78 is 31.7. The Hall–Kier alpha value is -1.63. The third-order valence-electron chi connectivity index (χ3n) is 2.63. The number of benzene rings is 2. The Bertz CT molecular complexity index is 778. The van der Waals surface area contributed by atoms with Crippen LogP contribution in [0, 0.1) is 0 Å². The van der Waals surface area contributed by atoms with Crippen molar-refractivity contribution >= 4 is 38.9 Å². The van der Waals surface area contributed by atoms with Gasteiger partial charge < -0.3 is 9.84 Å². The van der Waals surface area contributed by atoms with Crippen molar-refractivity contribution in [1.82, 2.24) is 0 Å². The van der Waals surface area contributed by atoms with Crippen LogP contribution in [0.5, 0.6) is 11.5 Å². The first-order valence-electron chi connectivity index (χ1n) is 5.68. The van der Waals surface area contributed by atoms with Gasteiger partial charge in [0.2, 0.25) is 0 Å². The van der Waals surface area contributed by atoms with Crippen molar-refractivity contribution < 1.29 is 18.3 Å². The molecule has 0 saturated carbocycles. The number of aromatic hydroxyl groups is 1. The van der Waals surface area contributed by atoms with Gasteiger partial charge in [-0.3, -0.25) is 4.72 Å². The summed E-state index contributed by atoms with van der Waals surface area (Å²) >= 11 is 11.7. The van der Waals surface area contributed by atoms with Gasteiger partial charge in [0.25, 0.3) is 10.0 Å². The Balaban J connectivity index is 2.40. The van der Waals surface area contributed by atoms with Crippen molar-refractivity contribution in [3.05, 3.63) is 46.4 Å². The average molecular weight is 348 g/mol. The van der Waals surface area contributed by atoms with E-state index in [9.17, 15) is 13.5 Å². The number of rotatable bonds is 4. The van der Waals surface area contributed by atoms with Gasteiger partial charge in [-0.2, -0.15) is 0 Å². The third-order valence-corrected chi connectivity index (χ3v) is 4.71. The summed E-state index contributed by atoms with van der Waals surface area (Å²) in [6, 6.07) is 8.27. The summed E-state index contributed by atoms with van der Waals surface area (Å²) in [7, 11) is -2.54. The van der Waals surface area contributed by atoms with Gasteiger partial charge in [0.05, 0.1) is 17.8 Å². The van der Waals surface area contributed by atoms with E-state index < -0.39 is 10.0 Å². The molecule has 0 saturated heterocycles. The lowest BCUT2D eigenvalue weighted by atomic mass is 10.3. The van der Waals surface area contributed by atoms with Crippen molar-refractivity contribution in [3.63, 3.8) is 0 Å². The normalized spacial score (nSPS) is 11.2. The molecule has 112 valence electrons. The van der Waals surface area contributed by atoms with Crippen LogP contribution < -0.4 is 9.46 Å². The smallest absolute Gasteiger partial charge is 0.263 e. The van der Waals surface area contributed by atoms with E-state index in [1.807, 2.05) is 0 Å². The fourth-order valence-corrected chi connectivity index (χ4v) is 3.45. The number of phenols is 1. The molecule has 2 rings (SSSR count). The van der Waals surface area contributed by atoms with Crippen molar-refractivity contribution in [2.75, 3.05) is 11.8 Å². The number of hydrogen-bond acceptors (Lipinski definition) is 4. The molecular weight excluding hydrogens is 337 g/mol. The Kier molecular flexibility index (Phi) is 4.51. The van der Waals surface area contributed by atoms with E-state index in [0.717, 1.165) is 0 Å². The van der Waals surface area contributed by atoms with Gasteiger partial charge in [0.1, 0.15) is 16.4 Å². The molecule has 2 aromatic rings. The van der Waals surface area contributed by atoms with Crippen LogP contribution in [-0.2, 0) is 10.0 Å². The van der Waals surface area contributed by atoms with E-state index in [-0.39, 0.29) is 26.4 Å². The molecule has 0 amide bonds. The lowest BCUT2D eigenvalue weighted by Gasteiger charge is -2.11. The second kappa shape index (κ2) is 6.01. The van der Waals surface area contributed by atoms with Gasteiger partial charge in [-0.05, 0) is 30.3 Å². The predicted octanol–water partition coefficient (Wildman–Crippen LogP) is 3.51. The molecule has 2 aromatic carbocycles. The molecule has 0 atom stereocenters. The second-order valence-corrected chi connectivity index (χ2v) is 6.56. The lowest BCUT2D eigenvalue weighted by Crippen LogP contribution is -2.13. The van der Waals surface area contributed by atoms with Crippen molar-refractivity contribution in [3.8, 4) is 11.5 Å². The van der Waals surface area contributed by atoms with Crippen LogP contribution >= 0.6 is 23.2 Å². The first-order chi connectivity index (χ1) is 9.83. The molecule has 21 heavy (non-hydrogen) atoms. The number of nitrogens with one attached hydrogen (secondary N) is 1. The molecule has 0 heterocycles. The fraction of sp³-hybridized carbons (Fsp3) is 0.0769. The summed E-state index contributed by atoms with van der Waals surface area (Å²) in [6.45, 7) is 0. The van der Waals surface area contributed by atoms with E-state index in [2.05, 4.69) is 4.72 Å². The maximum atomic E-state index is 12.3. The van der Waals surface area contributed by atoms with Crippen LogP contribution in [0.15, 0.2) is 41.3 Å². The Morgan fingerprint density at radius 2 is 1.86 bits per heavy atom. The van der Waals surface area contributed by atoms with E-state index in [4.69, 9.17) is 27.9 Å². The Morgan fingerprint density at radius 3 is 2.48 bits per heavy atom. The number of methoxy groups -OCH3 is 1. The van der Waals surface area contributed by atoms with E-state index >= 15 is 0 Å². The quantitative estimate of drug-likeness (QED) is 0.829. The highest BCUT2D eigenvalue weighted by atomic mass is 35.5. The van der Waals surface area contributed by atoms with Gasteiger partial charge in [-0.1, -0.05) is 23.2 Å². The van der Waals surface area contributed by atoms with Gasteiger partial charge >= 0.3 is 0 Å². The zero-order chi connectivity index (χ0) is 15.6. The molecule has 0 aromatic heterocycles. The van der Waals surface area contributed by atoms with Gasteiger partial charge in [0, 0.05) is 11.1 Å². The largest absolute Gasteiger partial charge is 0.506 e. The Morgan fingerprint density at radius 1 is 1.14 bits per heavy atom. The summed E-state index contributed by atoms with van der Waals surface area (Å²) in [6.07, 6.45) is 0. The molecule has 0 unspecified atom stereocenters. The molecule has 0 bridgehead atoms. The third kappa shape index (κ3) is 3.53. The molecule has 0 aliphatic rings. The highest BCUT2D eigenvalue weighted by Gasteiger charge is 2.20. The van der Waals surface area contributed by atoms with Crippen LogP contribution in [0.1, 0.15) is 0 Å². The van der Waals surface area contributed by atoms with Gasteiger partial charge in [-0.25, -0.2) is 8.42 Å². The first-order valence-corrected chi connectivity index (χ1v) is 7.92. The van der Waals surface area contributed by atoms with Crippen molar-refractivity contribution in [2.24, 2.45) is 0 Å². The second-order valence-electron chi connectivity index (χ2n) is 4.06. The number of sulfonamides is 1. The van der Waals surface area contributed by atoms with Crippen LogP contribution in [0.3, 0.4) is 0 Å². The average Bonchev–Trinajstić information content (AvgIpc) is 2.43. The van der Waals surface area contributed by atoms with Crippen molar-refractivity contribution in [2.45, 2.75) is 4.90 Å². The minimum absolute atomic E-state index is 0.00634. The molecule has 5 nitrogen and oxygen atoms in total. The molecule has 0 radical (unpaired) electrons. The number of phenolic OH excluding ortho intramolecular Hbond substituents is 1. The standard InChI is InChI=1S/C13H11Cl2NO4S/c1-20-9-3-5-11(12(17)7-9)16-21(18,19)13-6-8(14)2-4-10(13)15/h2-7,16-17H,1H3. The van der Waals surface area contributed by atoms with Crippen LogP contribution in [0.25, 0.3) is 0 Å². The summed E-state index contributed by atoms with van der Waals surface area (Å²) in [5.74, 6) is 0.132. The molecular formula is C13H11Cl2NO4S. The zero-order valence-electron chi connectivity index (χ0n) is 10.8. The van der Waals surface area contributed by atoms with E-state index in [0.29, 0.717) is 5.75 Å². The van der Waals surface area contributed by atoms with Crippen LogP contribution in [-0.4, -0.2) is 20.6 Å². The van der Waals surface area contributed by atoms with Crippen LogP contribution in [0.4, 0.5) is 5.69 Å². The minimum Gasteiger partial charge on any atom is -0.506 e. The monoisotopic (exact) mass is 347 g/mol. The van der Waals surface area contributed by atoms with Crippen LogP contribution in [0.2, 0.25) is 10.0 Å². The number of halogens is 2. The van der Waals surface area contributed by atoms with Gasteiger partial charge in [-0.15, -0.1) is 0 Å². The zero-order valence-corrected chi connectivity index (χ0v) is 13.1. The van der Waals surface area contributed by atoms with Gasteiger partial charge in [0.15, 0.2) is 0 Å². The summed E-state index contributed by atoms with van der Waals surface area (Å²) in [5.41, 5.74) is 0.00634. The molecule has 8 heteroatoms. The number of ether oxygens (including phenoxy) is 1. The minimum atomic E-state index is -3.98. The van der Waals surface area contributed by atoms with Crippen molar-refractivity contribution in [1.29, 1.82) is 0 Å². The fourth-order valence-electron chi connectivity index (χ4n) is 1.61. The molecule has 0 aliphatic heterocycles. The molecule has 0 fully saturated rings. The Labute approximate surface area is 132 Å². The highest BCUT2D eigenvalue weighted by Crippen LogP contribution is 2.32. The predicted molar refractivity (Wildman–Crippen MR) is 81.9 cm³/mol. The SMILES string of the molecule is COc1ccc(NS(=O)(=O)c2cc(Cl)ccc2Cl)c(O)c1. The lowest BCUT2D eigenvalue weighted by molar-refractivity contribution is 0.408. The molecule has 0 spiro atoms. The maximum Gasteiger partial charge on any atom is 0.263 e. The summed E-state index contributed by atoms with van der Waals surface area (Å²) in [4.78, 5) is -0.174.